The van der Waals surface area contributed by atoms with E-state index >= 15 is 0 Å². The Balaban J connectivity index is 1.60. The highest BCUT2D eigenvalue weighted by Gasteiger charge is 2.48. The first kappa shape index (κ1) is 18.4. The van der Waals surface area contributed by atoms with E-state index in [4.69, 9.17) is 5.73 Å². The van der Waals surface area contributed by atoms with Crippen molar-refractivity contribution in [3.8, 4) is 5.75 Å². The van der Waals surface area contributed by atoms with Gasteiger partial charge < -0.3 is 21.1 Å². The molecule has 0 aliphatic heterocycles. The number of aromatic nitrogens is 1. The van der Waals surface area contributed by atoms with Crippen LogP contribution in [0.1, 0.15) is 12.8 Å². The van der Waals surface area contributed by atoms with Crippen LogP contribution in [-0.4, -0.2) is 36.3 Å². The number of halogens is 3. The summed E-state index contributed by atoms with van der Waals surface area (Å²) >= 11 is 0.999. The van der Waals surface area contributed by atoms with Crippen molar-refractivity contribution in [2.24, 2.45) is 11.1 Å². The largest absolute Gasteiger partial charge is 0.573 e. The van der Waals surface area contributed by atoms with E-state index in [1.54, 1.807) is 0 Å². The molecule has 0 bridgehead atoms. The summed E-state index contributed by atoms with van der Waals surface area (Å²) in [4.78, 5) is 27.9. The van der Waals surface area contributed by atoms with E-state index in [-0.39, 0.29) is 29.9 Å². The molecule has 26 heavy (non-hydrogen) atoms. The van der Waals surface area contributed by atoms with Gasteiger partial charge in [-0.1, -0.05) is 11.3 Å². The van der Waals surface area contributed by atoms with Crippen molar-refractivity contribution in [1.82, 2.24) is 10.3 Å². The van der Waals surface area contributed by atoms with E-state index in [9.17, 15) is 22.8 Å². The first-order valence-corrected chi connectivity index (χ1v) is 8.47. The average molecular weight is 388 g/mol. The van der Waals surface area contributed by atoms with Gasteiger partial charge in [-0.15, -0.1) is 13.2 Å². The Morgan fingerprint density at radius 3 is 2.69 bits per heavy atom. The molecule has 0 spiro atoms. The van der Waals surface area contributed by atoms with Gasteiger partial charge in [0.25, 0.3) is 0 Å². The van der Waals surface area contributed by atoms with Crippen molar-refractivity contribution in [2.75, 3.05) is 18.4 Å². The zero-order valence-electron chi connectivity index (χ0n) is 13.4. The first-order valence-electron chi connectivity index (χ1n) is 7.65. The summed E-state index contributed by atoms with van der Waals surface area (Å²) in [6, 6.07) is 3.70. The normalized spacial score (nSPS) is 15.5. The van der Waals surface area contributed by atoms with Gasteiger partial charge >= 0.3 is 6.36 Å². The van der Waals surface area contributed by atoms with E-state index in [1.165, 1.54) is 12.1 Å². The third-order valence-electron chi connectivity index (χ3n) is 3.98. The maximum Gasteiger partial charge on any atom is 0.573 e. The molecule has 0 unspecified atom stereocenters. The fourth-order valence-corrected chi connectivity index (χ4v) is 3.25. The Labute approximate surface area is 149 Å². The fraction of sp³-hybridized carbons (Fsp3) is 0.400. The second-order valence-electron chi connectivity index (χ2n) is 5.91. The molecule has 1 aliphatic carbocycles. The van der Waals surface area contributed by atoms with Crippen molar-refractivity contribution in [3.63, 3.8) is 0 Å². The quantitative estimate of drug-likeness (QED) is 0.702. The number of nitrogens with zero attached hydrogens (tertiary/aromatic N) is 1. The first-order chi connectivity index (χ1) is 12.2. The monoisotopic (exact) mass is 388 g/mol. The molecule has 11 heteroatoms. The summed E-state index contributed by atoms with van der Waals surface area (Å²) in [7, 11) is 0. The van der Waals surface area contributed by atoms with E-state index in [1.807, 2.05) is 0 Å². The number of rotatable bonds is 6. The minimum Gasteiger partial charge on any atom is -0.406 e. The predicted octanol–water partition coefficient (Wildman–Crippen LogP) is 1.99. The Kier molecular flexibility index (Phi) is 4.76. The molecule has 0 saturated heterocycles. The van der Waals surface area contributed by atoms with Crippen molar-refractivity contribution < 1.29 is 27.5 Å². The number of thiazole rings is 1. The summed E-state index contributed by atoms with van der Waals surface area (Å²) < 4.78 is 41.0. The molecule has 1 aliphatic rings. The Bertz CT molecular complexity index is 848. The maximum absolute atomic E-state index is 12.2. The number of hydrogen-bond donors (Lipinski definition) is 3. The van der Waals surface area contributed by atoms with Crippen LogP contribution in [0, 0.1) is 5.41 Å². The highest BCUT2D eigenvalue weighted by molar-refractivity contribution is 7.22. The van der Waals surface area contributed by atoms with Gasteiger partial charge in [0.05, 0.1) is 22.2 Å². The molecular weight excluding hydrogens is 373 g/mol. The number of alkyl halides is 3. The van der Waals surface area contributed by atoms with Gasteiger partial charge in [0, 0.05) is 12.6 Å². The predicted molar refractivity (Wildman–Crippen MR) is 88.7 cm³/mol. The Morgan fingerprint density at radius 1 is 1.35 bits per heavy atom. The fourth-order valence-electron chi connectivity index (χ4n) is 2.34. The summed E-state index contributed by atoms with van der Waals surface area (Å²) in [5.41, 5.74) is 5.41. The number of nitrogens with two attached hydrogens (primary N) is 1. The standard InChI is InChI=1S/C15H15F3N4O3S/c16-15(17,18)25-8-1-2-9-10(5-8)26-13(21-9)22-11(23)6-20-12(24)14(7-19)3-4-14/h1-2,5H,3-4,6-7,19H2,(H,20,24)(H,21,22,23). The van der Waals surface area contributed by atoms with Crippen LogP contribution in [0.3, 0.4) is 0 Å². The molecule has 1 aromatic carbocycles. The number of carbonyl (C=O) groups is 2. The van der Waals surface area contributed by atoms with Gasteiger partial charge in [0.1, 0.15) is 5.75 Å². The topological polar surface area (TPSA) is 106 Å². The van der Waals surface area contributed by atoms with Crippen LogP contribution in [-0.2, 0) is 9.59 Å². The van der Waals surface area contributed by atoms with Gasteiger partial charge in [0.15, 0.2) is 5.13 Å². The minimum absolute atomic E-state index is 0.211. The maximum atomic E-state index is 12.2. The van der Waals surface area contributed by atoms with Crippen LogP contribution in [0.15, 0.2) is 18.2 Å². The lowest BCUT2D eigenvalue weighted by molar-refractivity contribution is -0.274. The summed E-state index contributed by atoms with van der Waals surface area (Å²) in [6.07, 6.45) is -3.37. The summed E-state index contributed by atoms with van der Waals surface area (Å²) in [5, 5.41) is 5.24. The zero-order chi connectivity index (χ0) is 18.9. The molecule has 0 atom stereocenters. The molecule has 1 fully saturated rings. The molecule has 4 N–H and O–H groups in total. The SMILES string of the molecule is NCC1(C(=O)NCC(=O)Nc2nc3ccc(OC(F)(F)F)cc3s2)CC1. The Hall–Kier alpha value is -2.40. The van der Waals surface area contributed by atoms with E-state index in [0.29, 0.717) is 23.1 Å². The van der Waals surface area contributed by atoms with Crippen molar-refractivity contribution in [3.05, 3.63) is 18.2 Å². The highest BCUT2D eigenvalue weighted by atomic mass is 32.1. The van der Waals surface area contributed by atoms with Crippen LogP contribution in [0.25, 0.3) is 10.2 Å². The lowest BCUT2D eigenvalue weighted by Gasteiger charge is -2.12. The third-order valence-corrected chi connectivity index (χ3v) is 4.91. The summed E-state index contributed by atoms with van der Waals surface area (Å²) in [6.45, 7) is -0.000401. The lowest BCUT2D eigenvalue weighted by Crippen LogP contribution is -2.40. The number of ether oxygens (including phenoxy) is 1. The van der Waals surface area contributed by atoms with Crippen molar-refractivity contribution in [2.45, 2.75) is 19.2 Å². The van der Waals surface area contributed by atoms with Crippen LogP contribution in [0.2, 0.25) is 0 Å². The second kappa shape index (κ2) is 6.72. The van der Waals surface area contributed by atoms with Gasteiger partial charge in [0.2, 0.25) is 11.8 Å². The van der Waals surface area contributed by atoms with Crippen molar-refractivity contribution in [1.29, 1.82) is 0 Å². The smallest absolute Gasteiger partial charge is 0.406 e. The lowest BCUT2D eigenvalue weighted by atomic mass is 10.1. The molecule has 1 saturated carbocycles. The van der Waals surface area contributed by atoms with Crippen LogP contribution < -0.4 is 21.1 Å². The van der Waals surface area contributed by atoms with E-state index < -0.39 is 17.7 Å². The summed E-state index contributed by atoms with van der Waals surface area (Å²) in [5.74, 6) is -1.11. The van der Waals surface area contributed by atoms with Crippen molar-refractivity contribution >= 4 is 38.5 Å². The number of anilines is 1. The van der Waals surface area contributed by atoms with Crippen LogP contribution >= 0.6 is 11.3 Å². The molecule has 7 nitrogen and oxygen atoms in total. The molecule has 0 radical (unpaired) electrons. The molecule has 1 aromatic heterocycles. The molecule has 140 valence electrons. The molecule has 2 aromatic rings. The highest BCUT2D eigenvalue weighted by Crippen LogP contribution is 2.44. The van der Waals surface area contributed by atoms with E-state index in [2.05, 4.69) is 20.4 Å². The van der Waals surface area contributed by atoms with E-state index in [0.717, 1.165) is 17.4 Å². The van der Waals surface area contributed by atoms with Gasteiger partial charge in [-0.3, -0.25) is 9.59 Å². The molecule has 1 heterocycles. The Morgan fingerprint density at radius 2 is 2.08 bits per heavy atom. The zero-order valence-corrected chi connectivity index (χ0v) is 14.2. The number of benzene rings is 1. The molecule has 2 amide bonds. The number of fused-ring (bicyclic) bond motifs is 1. The van der Waals surface area contributed by atoms with Crippen LogP contribution in [0.5, 0.6) is 5.75 Å². The van der Waals surface area contributed by atoms with Gasteiger partial charge in [-0.25, -0.2) is 4.98 Å². The number of carbonyl (C=O) groups excluding carboxylic acids is 2. The number of amides is 2. The van der Waals surface area contributed by atoms with Gasteiger partial charge in [-0.05, 0) is 25.0 Å². The second-order valence-corrected chi connectivity index (χ2v) is 6.94. The molecule has 3 rings (SSSR count). The number of hydrogen-bond acceptors (Lipinski definition) is 6. The number of nitrogens with one attached hydrogen (secondary N) is 2. The van der Waals surface area contributed by atoms with Gasteiger partial charge in [-0.2, -0.15) is 0 Å². The van der Waals surface area contributed by atoms with Crippen LogP contribution in [0.4, 0.5) is 18.3 Å². The minimum atomic E-state index is -4.78. The average Bonchev–Trinajstić information content (AvgIpc) is 3.26. The third kappa shape index (κ3) is 4.22. The molecular formula is C15H15F3N4O3S.